The van der Waals surface area contributed by atoms with Crippen molar-refractivity contribution < 1.29 is 4.74 Å². The fourth-order valence-electron chi connectivity index (χ4n) is 2.33. The van der Waals surface area contributed by atoms with Crippen LogP contribution in [0.5, 0.6) is 0 Å². The number of hydrogen-bond donors (Lipinski definition) is 1. The molecule has 4 heteroatoms. The van der Waals surface area contributed by atoms with Crippen molar-refractivity contribution in [3.63, 3.8) is 0 Å². The van der Waals surface area contributed by atoms with E-state index in [1.165, 1.54) is 31.4 Å². The van der Waals surface area contributed by atoms with Gasteiger partial charge in [-0.2, -0.15) is 5.10 Å². The summed E-state index contributed by atoms with van der Waals surface area (Å²) in [6.07, 6.45) is 7.13. The summed E-state index contributed by atoms with van der Waals surface area (Å²) >= 11 is 0. The summed E-state index contributed by atoms with van der Waals surface area (Å²) in [5.74, 6) is 0.743. The zero-order valence-electron chi connectivity index (χ0n) is 10.3. The van der Waals surface area contributed by atoms with Crippen LogP contribution in [0.25, 0.3) is 0 Å². The normalized spacial score (nSPS) is 21.9. The van der Waals surface area contributed by atoms with Crippen LogP contribution in [0.2, 0.25) is 0 Å². The minimum absolute atomic E-state index is 0.743. The lowest BCUT2D eigenvalue weighted by atomic mass is 10.0. The Kier molecular flexibility index (Phi) is 3.43. The van der Waals surface area contributed by atoms with Crippen LogP contribution in [-0.4, -0.2) is 29.0 Å². The summed E-state index contributed by atoms with van der Waals surface area (Å²) < 4.78 is 7.47. The molecule has 0 spiro atoms. The van der Waals surface area contributed by atoms with Gasteiger partial charge >= 0.3 is 0 Å². The van der Waals surface area contributed by atoms with E-state index in [0.717, 1.165) is 38.3 Å². The second-order valence-corrected chi connectivity index (χ2v) is 5.24. The third-order valence-corrected chi connectivity index (χ3v) is 3.63. The molecule has 2 heterocycles. The first-order chi connectivity index (χ1) is 8.40. The van der Waals surface area contributed by atoms with E-state index < -0.39 is 0 Å². The number of rotatable bonds is 5. The first-order valence-electron chi connectivity index (χ1n) is 6.73. The van der Waals surface area contributed by atoms with Crippen molar-refractivity contribution in [1.82, 2.24) is 15.1 Å². The molecule has 0 radical (unpaired) electrons. The Morgan fingerprint density at radius 3 is 2.88 bits per heavy atom. The van der Waals surface area contributed by atoms with E-state index in [9.17, 15) is 0 Å². The van der Waals surface area contributed by atoms with Gasteiger partial charge < -0.3 is 10.1 Å². The summed E-state index contributed by atoms with van der Waals surface area (Å²) in [5.41, 5.74) is 1.17. The minimum atomic E-state index is 0.743. The Hall–Kier alpha value is -0.870. The first kappa shape index (κ1) is 11.2. The van der Waals surface area contributed by atoms with Crippen molar-refractivity contribution in [2.45, 2.75) is 44.8 Å². The summed E-state index contributed by atoms with van der Waals surface area (Å²) in [7, 11) is 0. The van der Waals surface area contributed by atoms with E-state index in [1.807, 2.05) is 0 Å². The van der Waals surface area contributed by atoms with Gasteiger partial charge in [0.2, 0.25) is 0 Å². The van der Waals surface area contributed by atoms with Crippen molar-refractivity contribution >= 4 is 0 Å². The smallest absolute Gasteiger partial charge is 0.0762 e. The van der Waals surface area contributed by atoms with Gasteiger partial charge in [0, 0.05) is 38.5 Å². The zero-order valence-corrected chi connectivity index (χ0v) is 10.3. The average Bonchev–Trinajstić information content (AvgIpc) is 3.09. The lowest BCUT2D eigenvalue weighted by Gasteiger charge is -2.21. The monoisotopic (exact) mass is 235 g/mol. The molecule has 4 nitrogen and oxygen atoms in total. The maximum atomic E-state index is 5.37. The lowest BCUT2D eigenvalue weighted by molar-refractivity contribution is 0.0601. The molecule has 2 fully saturated rings. The number of ether oxygens (including phenoxy) is 1. The van der Waals surface area contributed by atoms with Gasteiger partial charge in [-0.05, 0) is 37.7 Å². The number of nitrogens with one attached hydrogen (secondary N) is 1. The zero-order chi connectivity index (χ0) is 11.5. The highest BCUT2D eigenvalue weighted by Gasteiger charge is 2.20. The van der Waals surface area contributed by atoms with Crippen LogP contribution in [0.15, 0.2) is 12.3 Å². The highest BCUT2D eigenvalue weighted by Crippen LogP contribution is 2.19. The third kappa shape index (κ3) is 3.30. The molecule has 0 bridgehead atoms. The molecule has 0 atom stereocenters. The summed E-state index contributed by atoms with van der Waals surface area (Å²) in [6, 6.07) is 2.89. The molecule has 17 heavy (non-hydrogen) atoms. The van der Waals surface area contributed by atoms with Crippen molar-refractivity contribution in [3.05, 3.63) is 18.0 Å². The SMILES string of the molecule is c1cn(CC2CCOCC2)nc1CNC1CC1. The van der Waals surface area contributed by atoms with Crippen LogP contribution < -0.4 is 5.32 Å². The van der Waals surface area contributed by atoms with Crippen LogP contribution in [0.1, 0.15) is 31.4 Å². The lowest BCUT2D eigenvalue weighted by Crippen LogP contribution is -2.21. The van der Waals surface area contributed by atoms with Crippen molar-refractivity contribution in [2.24, 2.45) is 5.92 Å². The fourth-order valence-corrected chi connectivity index (χ4v) is 2.33. The second kappa shape index (κ2) is 5.19. The highest BCUT2D eigenvalue weighted by molar-refractivity contribution is 5.00. The topological polar surface area (TPSA) is 39.1 Å². The highest BCUT2D eigenvalue weighted by atomic mass is 16.5. The van der Waals surface area contributed by atoms with Crippen molar-refractivity contribution in [2.75, 3.05) is 13.2 Å². The first-order valence-corrected chi connectivity index (χ1v) is 6.73. The van der Waals surface area contributed by atoms with E-state index >= 15 is 0 Å². The maximum absolute atomic E-state index is 5.37. The molecule has 1 aliphatic heterocycles. The predicted molar refractivity (Wildman–Crippen MR) is 65.6 cm³/mol. The van der Waals surface area contributed by atoms with Gasteiger partial charge in [0.05, 0.1) is 5.69 Å². The predicted octanol–water partition coefficient (Wildman–Crippen LogP) is 1.56. The largest absolute Gasteiger partial charge is 0.381 e. The average molecular weight is 235 g/mol. The van der Waals surface area contributed by atoms with Crippen LogP contribution in [0, 0.1) is 5.92 Å². The Labute approximate surface area is 102 Å². The van der Waals surface area contributed by atoms with Gasteiger partial charge in [-0.3, -0.25) is 4.68 Å². The quantitative estimate of drug-likeness (QED) is 0.842. The Balaban J connectivity index is 1.48. The summed E-state index contributed by atoms with van der Waals surface area (Å²) in [4.78, 5) is 0. The molecule has 1 saturated heterocycles. The van der Waals surface area contributed by atoms with Gasteiger partial charge in [-0.1, -0.05) is 0 Å². The molecular weight excluding hydrogens is 214 g/mol. The number of aromatic nitrogens is 2. The second-order valence-electron chi connectivity index (χ2n) is 5.24. The molecule has 94 valence electrons. The van der Waals surface area contributed by atoms with Crippen LogP contribution in [0.4, 0.5) is 0 Å². The molecule has 1 aromatic rings. The Morgan fingerprint density at radius 1 is 1.29 bits per heavy atom. The van der Waals surface area contributed by atoms with Crippen LogP contribution >= 0.6 is 0 Å². The van der Waals surface area contributed by atoms with Gasteiger partial charge in [0.1, 0.15) is 0 Å². The fraction of sp³-hybridized carbons (Fsp3) is 0.769. The van der Waals surface area contributed by atoms with Crippen LogP contribution in [0.3, 0.4) is 0 Å². The molecule has 1 aromatic heterocycles. The summed E-state index contributed by atoms with van der Waals surface area (Å²) in [5, 5.41) is 8.11. The molecule has 1 aliphatic carbocycles. The Bertz CT molecular complexity index is 353. The van der Waals surface area contributed by atoms with Crippen LogP contribution in [-0.2, 0) is 17.8 Å². The molecule has 0 unspecified atom stereocenters. The minimum Gasteiger partial charge on any atom is -0.381 e. The van der Waals surface area contributed by atoms with Gasteiger partial charge in [-0.25, -0.2) is 0 Å². The molecule has 3 rings (SSSR count). The number of nitrogens with zero attached hydrogens (tertiary/aromatic N) is 2. The summed E-state index contributed by atoms with van der Waals surface area (Å²) in [6.45, 7) is 3.81. The van der Waals surface area contributed by atoms with E-state index in [-0.39, 0.29) is 0 Å². The molecule has 0 amide bonds. The maximum Gasteiger partial charge on any atom is 0.0762 e. The van der Waals surface area contributed by atoms with E-state index in [0.29, 0.717) is 0 Å². The number of hydrogen-bond acceptors (Lipinski definition) is 3. The Morgan fingerprint density at radius 2 is 2.12 bits per heavy atom. The van der Waals surface area contributed by atoms with Crippen molar-refractivity contribution in [1.29, 1.82) is 0 Å². The molecule has 0 aromatic carbocycles. The van der Waals surface area contributed by atoms with E-state index in [4.69, 9.17) is 4.74 Å². The molecule has 1 saturated carbocycles. The van der Waals surface area contributed by atoms with Crippen molar-refractivity contribution in [3.8, 4) is 0 Å². The van der Waals surface area contributed by atoms with Gasteiger partial charge in [0.15, 0.2) is 0 Å². The molecule has 1 N–H and O–H groups in total. The molecular formula is C13H21N3O. The standard InChI is InChI=1S/C13H21N3O/c1-2-12(1)14-9-13-3-6-16(15-13)10-11-4-7-17-8-5-11/h3,6,11-12,14H,1-2,4-5,7-10H2. The van der Waals surface area contributed by atoms with Gasteiger partial charge in [0.25, 0.3) is 0 Å². The van der Waals surface area contributed by atoms with Gasteiger partial charge in [-0.15, -0.1) is 0 Å². The molecule has 2 aliphatic rings. The third-order valence-electron chi connectivity index (χ3n) is 3.63. The van der Waals surface area contributed by atoms with E-state index in [1.54, 1.807) is 0 Å². The van der Waals surface area contributed by atoms with E-state index in [2.05, 4.69) is 27.4 Å².